The summed E-state index contributed by atoms with van der Waals surface area (Å²) in [5.41, 5.74) is 20.0. The molecule has 1 aromatic heterocycles. The summed E-state index contributed by atoms with van der Waals surface area (Å²) in [4.78, 5) is 9.82. The lowest BCUT2D eigenvalue weighted by molar-refractivity contribution is 0.620. The summed E-state index contributed by atoms with van der Waals surface area (Å²) in [6, 6.07) is 67.9. The fourth-order valence-electron chi connectivity index (χ4n) is 9.52. The topological polar surface area (TPSA) is 32.5 Å². The molecule has 0 saturated carbocycles. The van der Waals surface area contributed by atoms with Crippen LogP contribution in [0, 0.1) is 0 Å². The van der Waals surface area contributed by atoms with Crippen LogP contribution in [0.2, 0.25) is 0 Å². The van der Waals surface area contributed by atoms with Crippen LogP contribution in [0.25, 0.3) is 55.9 Å². The van der Waals surface area contributed by atoms with Crippen molar-refractivity contribution in [3.8, 4) is 44.8 Å². The van der Waals surface area contributed by atoms with Gasteiger partial charge in [-0.15, -0.1) is 0 Å². The summed E-state index contributed by atoms with van der Waals surface area (Å²) in [6.45, 7) is 6.63. The fraction of sp³-hybridized carbons (Fsp3) is 0.109. The second-order valence-electron chi connectivity index (χ2n) is 16.3. The lowest BCUT2D eigenvalue weighted by atomic mass is 9.80. The van der Waals surface area contributed by atoms with Gasteiger partial charge in [0.25, 0.3) is 0 Å². The smallest absolute Gasteiger partial charge is 0.227 e. The molecule has 0 amide bonds. The van der Waals surface area contributed by atoms with Crippen molar-refractivity contribution < 1.29 is 4.42 Å². The van der Waals surface area contributed by atoms with E-state index in [9.17, 15) is 0 Å². The minimum Gasteiger partial charge on any atom is -0.436 e. The van der Waals surface area contributed by atoms with Crippen molar-refractivity contribution in [1.82, 2.24) is 4.98 Å². The number of para-hydroxylation sites is 3. The van der Waals surface area contributed by atoms with Gasteiger partial charge in [0, 0.05) is 46.8 Å². The van der Waals surface area contributed by atoms with Gasteiger partial charge in [-0.25, -0.2) is 4.98 Å². The zero-order chi connectivity index (χ0) is 39.5. The third kappa shape index (κ3) is 6.03. The Morgan fingerprint density at radius 3 is 2.07 bits per heavy atom. The third-order valence-corrected chi connectivity index (χ3v) is 12.5. The second-order valence-corrected chi connectivity index (χ2v) is 16.3. The molecular weight excluding hydrogens is 719 g/mol. The van der Waals surface area contributed by atoms with Crippen molar-refractivity contribution in [2.75, 3.05) is 16.3 Å². The fourth-order valence-corrected chi connectivity index (χ4v) is 9.52. The van der Waals surface area contributed by atoms with Gasteiger partial charge in [0.1, 0.15) is 5.52 Å². The summed E-state index contributed by atoms with van der Waals surface area (Å²) >= 11 is 0. The molecular formula is C55H43N3O. The molecule has 4 nitrogen and oxygen atoms in total. The van der Waals surface area contributed by atoms with Crippen LogP contribution in [-0.4, -0.2) is 11.5 Å². The minimum atomic E-state index is -0.210. The van der Waals surface area contributed by atoms with Gasteiger partial charge in [0.15, 0.2) is 5.58 Å². The van der Waals surface area contributed by atoms with Crippen LogP contribution in [-0.2, 0) is 18.4 Å². The predicted octanol–water partition coefficient (Wildman–Crippen LogP) is 14.2. The molecule has 1 aliphatic heterocycles. The Bertz CT molecular complexity index is 2970. The van der Waals surface area contributed by atoms with Gasteiger partial charge in [-0.2, -0.15) is 0 Å². The van der Waals surface area contributed by atoms with Crippen molar-refractivity contribution in [3.63, 3.8) is 0 Å². The van der Waals surface area contributed by atoms with E-state index < -0.39 is 0 Å². The number of fused-ring (bicyclic) bond motifs is 5. The number of nitrogens with zero attached hydrogens (tertiary/aromatic N) is 3. The Balaban J connectivity index is 1.12. The van der Waals surface area contributed by atoms with Crippen LogP contribution >= 0.6 is 0 Å². The summed E-state index contributed by atoms with van der Waals surface area (Å²) in [5, 5.41) is 0. The van der Waals surface area contributed by atoms with Gasteiger partial charge in [0.2, 0.25) is 5.89 Å². The molecule has 2 heterocycles. The number of anilines is 4. The molecule has 4 heteroatoms. The number of hydrogen-bond acceptors (Lipinski definition) is 4. The van der Waals surface area contributed by atoms with E-state index in [4.69, 9.17) is 9.40 Å². The zero-order valence-corrected chi connectivity index (χ0v) is 33.3. The Hall–Kier alpha value is -7.17. The number of aromatic nitrogens is 1. The molecule has 0 spiro atoms. The van der Waals surface area contributed by atoms with Crippen molar-refractivity contribution in [2.24, 2.45) is 0 Å². The highest BCUT2D eigenvalue weighted by Crippen LogP contribution is 2.55. The summed E-state index contributed by atoms with van der Waals surface area (Å²) < 4.78 is 6.32. The van der Waals surface area contributed by atoms with Gasteiger partial charge in [-0.3, -0.25) is 0 Å². The van der Waals surface area contributed by atoms with Gasteiger partial charge >= 0.3 is 0 Å². The number of oxazole rings is 1. The Kier molecular flexibility index (Phi) is 8.33. The van der Waals surface area contributed by atoms with Crippen LogP contribution in [0.15, 0.2) is 192 Å². The van der Waals surface area contributed by atoms with E-state index in [0.717, 1.165) is 53.2 Å². The molecule has 284 valence electrons. The van der Waals surface area contributed by atoms with E-state index in [0.29, 0.717) is 5.89 Å². The van der Waals surface area contributed by atoms with E-state index in [2.05, 4.69) is 187 Å². The largest absolute Gasteiger partial charge is 0.436 e. The molecule has 8 aromatic carbocycles. The van der Waals surface area contributed by atoms with Gasteiger partial charge in [0.05, 0.1) is 0 Å². The van der Waals surface area contributed by atoms with Crippen LogP contribution in [0.3, 0.4) is 0 Å². The van der Waals surface area contributed by atoms with Crippen molar-refractivity contribution >= 4 is 33.8 Å². The van der Waals surface area contributed by atoms with E-state index in [-0.39, 0.29) is 5.41 Å². The first-order valence-corrected chi connectivity index (χ1v) is 20.6. The van der Waals surface area contributed by atoms with Crippen LogP contribution in [0.5, 0.6) is 0 Å². The minimum absolute atomic E-state index is 0.210. The van der Waals surface area contributed by atoms with Crippen LogP contribution < -0.4 is 9.80 Å². The maximum absolute atomic E-state index is 6.32. The normalized spacial score (nSPS) is 13.8. The molecule has 9 aromatic rings. The lowest BCUT2D eigenvalue weighted by Gasteiger charge is -2.33. The highest BCUT2D eigenvalue weighted by atomic mass is 16.3. The van der Waals surface area contributed by atoms with E-state index >= 15 is 0 Å². The Morgan fingerprint density at radius 1 is 0.542 bits per heavy atom. The number of benzene rings is 8. The molecule has 0 N–H and O–H groups in total. The standard InChI is InChI=1S/C55H43N3O/c1-55(2)49-24-10-9-22-47(49)53-48(46-23-14-18-40-36-57(32-31-45(40)46)41-19-7-4-8-20-41)34-44(35-50(53)55)58(42-29-27-38(28-30-42)37-15-5-3-6-16-37)43-21-13-17-39(33-43)54-56-51-25-11-12-26-52(51)59-54/h3-30,33-35H,31-32,36H2,1-2H3. The highest BCUT2D eigenvalue weighted by Gasteiger charge is 2.38. The third-order valence-electron chi connectivity index (χ3n) is 12.5. The molecule has 11 rings (SSSR count). The first-order valence-electron chi connectivity index (χ1n) is 20.6. The molecule has 2 aliphatic rings. The Morgan fingerprint density at radius 2 is 1.24 bits per heavy atom. The maximum atomic E-state index is 6.32. The molecule has 0 bridgehead atoms. The molecule has 0 unspecified atom stereocenters. The number of hydrogen-bond donors (Lipinski definition) is 0. The van der Waals surface area contributed by atoms with E-state index in [1.54, 1.807) is 0 Å². The average molecular weight is 762 g/mol. The van der Waals surface area contributed by atoms with Crippen LogP contribution in [0.4, 0.5) is 22.7 Å². The van der Waals surface area contributed by atoms with Gasteiger partial charge in [-0.1, -0.05) is 135 Å². The van der Waals surface area contributed by atoms with E-state index in [1.165, 1.54) is 61.3 Å². The van der Waals surface area contributed by atoms with Gasteiger partial charge < -0.3 is 14.2 Å². The maximum Gasteiger partial charge on any atom is 0.227 e. The molecule has 0 saturated heterocycles. The number of rotatable bonds is 7. The van der Waals surface area contributed by atoms with Crippen molar-refractivity contribution in [2.45, 2.75) is 32.2 Å². The van der Waals surface area contributed by atoms with Crippen molar-refractivity contribution in [1.29, 1.82) is 0 Å². The molecule has 0 radical (unpaired) electrons. The van der Waals surface area contributed by atoms with Crippen LogP contribution in [0.1, 0.15) is 36.1 Å². The first-order chi connectivity index (χ1) is 29.0. The SMILES string of the molecule is CC1(C)c2ccccc2-c2c(-c3cccc4c3CCN(c3ccccc3)C4)cc(N(c3ccc(-c4ccccc4)cc3)c3cccc(-c4nc5ccccc5o4)c3)cc21. The van der Waals surface area contributed by atoms with E-state index in [1.807, 2.05) is 24.3 Å². The second kappa shape index (κ2) is 14.0. The predicted molar refractivity (Wildman–Crippen MR) is 244 cm³/mol. The Labute approximate surface area is 345 Å². The molecule has 59 heavy (non-hydrogen) atoms. The zero-order valence-electron chi connectivity index (χ0n) is 33.3. The summed E-state index contributed by atoms with van der Waals surface area (Å²) in [6.07, 6.45) is 0.974. The molecule has 0 fully saturated rings. The average Bonchev–Trinajstić information content (AvgIpc) is 3.83. The molecule has 1 aliphatic carbocycles. The van der Waals surface area contributed by atoms with Crippen molar-refractivity contribution in [3.05, 3.63) is 210 Å². The quantitative estimate of drug-likeness (QED) is 0.162. The van der Waals surface area contributed by atoms with Gasteiger partial charge in [-0.05, 0) is 129 Å². The summed E-state index contributed by atoms with van der Waals surface area (Å²) in [5.74, 6) is 0.610. The highest BCUT2D eigenvalue weighted by molar-refractivity contribution is 5.97. The first kappa shape index (κ1) is 35.0. The monoisotopic (exact) mass is 761 g/mol. The lowest BCUT2D eigenvalue weighted by Crippen LogP contribution is -2.30. The summed E-state index contributed by atoms with van der Waals surface area (Å²) in [7, 11) is 0. The molecule has 0 atom stereocenters.